The van der Waals surface area contributed by atoms with Crippen LogP contribution in [0.1, 0.15) is 55.1 Å². The maximum Gasteiger partial charge on any atom is 0.355 e. The summed E-state index contributed by atoms with van der Waals surface area (Å²) in [6, 6.07) is 0. The van der Waals surface area contributed by atoms with E-state index in [1.165, 1.54) is 6.08 Å². The molecule has 0 amide bonds. The number of carbonyl (C=O) groups excluding carboxylic acids is 2. The summed E-state index contributed by atoms with van der Waals surface area (Å²) in [7, 11) is 0. The molecule has 0 aromatic carbocycles. The van der Waals surface area contributed by atoms with Crippen LogP contribution in [0.2, 0.25) is 0 Å². The molecule has 1 aliphatic heterocycles. The van der Waals surface area contributed by atoms with Crippen molar-refractivity contribution >= 4 is 11.9 Å². The summed E-state index contributed by atoms with van der Waals surface area (Å²) in [5, 5.41) is 0. The molecule has 1 saturated heterocycles. The molecular weight excluding hydrogens is 326 g/mol. The van der Waals surface area contributed by atoms with Crippen molar-refractivity contribution < 1.29 is 28.5 Å². The van der Waals surface area contributed by atoms with Gasteiger partial charge in [0, 0.05) is 18.2 Å². The Bertz CT molecular complexity index is 622. The van der Waals surface area contributed by atoms with Crippen LogP contribution in [0.15, 0.2) is 18.9 Å². The van der Waals surface area contributed by atoms with Crippen molar-refractivity contribution in [3.63, 3.8) is 0 Å². The lowest BCUT2D eigenvalue weighted by Gasteiger charge is -2.19. The van der Waals surface area contributed by atoms with Gasteiger partial charge < -0.3 is 23.9 Å². The molecule has 138 valence electrons. The predicted molar refractivity (Wildman–Crippen MR) is 90.1 cm³/mol. The molecule has 1 aromatic heterocycles. The first kappa shape index (κ1) is 19.2. The molecule has 2 rings (SSSR count). The number of aromatic nitrogens is 1. The fourth-order valence-corrected chi connectivity index (χ4v) is 2.45. The lowest BCUT2D eigenvalue weighted by Crippen LogP contribution is -2.25. The standard InChI is InChI=1S/C18H25NO6/c1-5-8-22-14(20)7-6-12-13(17-23-9-10-24-17)11-19-15(12)16(21)25-18(2,3)4/h5,11,17,19H,1,6-10H2,2-4H3. The van der Waals surface area contributed by atoms with Crippen LogP contribution >= 0.6 is 0 Å². The molecule has 1 fully saturated rings. The Morgan fingerprint density at radius 3 is 2.64 bits per heavy atom. The summed E-state index contributed by atoms with van der Waals surface area (Å²) < 4.78 is 21.5. The minimum Gasteiger partial charge on any atom is -0.461 e. The van der Waals surface area contributed by atoms with Crippen molar-refractivity contribution in [3.05, 3.63) is 35.7 Å². The average molecular weight is 351 g/mol. The van der Waals surface area contributed by atoms with Crippen molar-refractivity contribution in [2.24, 2.45) is 0 Å². The van der Waals surface area contributed by atoms with Gasteiger partial charge in [0.25, 0.3) is 0 Å². The molecule has 0 saturated carbocycles. The lowest BCUT2D eigenvalue weighted by molar-refractivity contribution is -0.142. The number of hydrogen-bond donors (Lipinski definition) is 1. The van der Waals surface area contributed by atoms with Gasteiger partial charge in [0.2, 0.25) is 0 Å². The first-order valence-corrected chi connectivity index (χ1v) is 8.25. The lowest BCUT2D eigenvalue weighted by atomic mass is 10.0. The Balaban J connectivity index is 2.19. The van der Waals surface area contributed by atoms with Gasteiger partial charge in [-0.05, 0) is 32.8 Å². The first-order valence-electron chi connectivity index (χ1n) is 8.25. The van der Waals surface area contributed by atoms with Crippen LogP contribution in [0.25, 0.3) is 0 Å². The quantitative estimate of drug-likeness (QED) is 0.600. The number of nitrogens with one attached hydrogen (secondary N) is 1. The molecule has 1 N–H and O–H groups in total. The van der Waals surface area contributed by atoms with Gasteiger partial charge in [0.05, 0.1) is 13.2 Å². The Kier molecular flexibility index (Phi) is 6.39. The molecule has 0 radical (unpaired) electrons. The fraction of sp³-hybridized carbons (Fsp3) is 0.556. The van der Waals surface area contributed by atoms with Crippen LogP contribution < -0.4 is 0 Å². The number of aromatic amines is 1. The highest BCUT2D eigenvalue weighted by atomic mass is 16.7. The second-order valence-corrected chi connectivity index (χ2v) is 6.64. The molecule has 7 nitrogen and oxygen atoms in total. The summed E-state index contributed by atoms with van der Waals surface area (Å²) in [5.41, 5.74) is 1.04. The van der Waals surface area contributed by atoms with E-state index in [2.05, 4.69) is 11.6 Å². The fourth-order valence-electron chi connectivity index (χ4n) is 2.45. The van der Waals surface area contributed by atoms with Crippen molar-refractivity contribution in [3.8, 4) is 0 Å². The van der Waals surface area contributed by atoms with Crippen LogP contribution in [0, 0.1) is 0 Å². The van der Waals surface area contributed by atoms with Crippen molar-refractivity contribution in [1.29, 1.82) is 0 Å². The summed E-state index contributed by atoms with van der Waals surface area (Å²) in [6.45, 7) is 10.0. The number of carbonyl (C=O) groups is 2. The highest BCUT2D eigenvalue weighted by molar-refractivity contribution is 5.90. The van der Waals surface area contributed by atoms with Crippen LogP contribution in [-0.4, -0.2) is 42.3 Å². The molecule has 7 heteroatoms. The zero-order valence-corrected chi connectivity index (χ0v) is 14.9. The smallest absolute Gasteiger partial charge is 0.355 e. The number of esters is 2. The maximum atomic E-state index is 12.5. The third kappa shape index (κ3) is 5.44. The Morgan fingerprint density at radius 1 is 1.36 bits per heavy atom. The largest absolute Gasteiger partial charge is 0.461 e. The number of H-pyrrole nitrogens is 1. The molecule has 0 atom stereocenters. The first-order chi connectivity index (χ1) is 11.8. The second-order valence-electron chi connectivity index (χ2n) is 6.64. The van der Waals surface area contributed by atoms with E-state index >= 15 is 0 Å². The van der Waals surface area contributed by atoms with Crippen molar-refractivity contribution in [2.75, 3.05) is 19.8 Å². The van der Waals surface area contributed by atoms with Crippen LogP contribution in [0.4, 0.5) is 0 Å². The SMILES string of the molecule is C=CCOC(=O)CCc1c(C2OCCO2)c[nH]c1C(=O)OC(C)(C)C. The van der Waals surface area contributed by atoms with Gasteiger partial charge >= 0.3 is 11.9 Å². The highest BCUT2D eigenvalue weighted by Gasteiger charge is 2.29. The van der Waals surface area contributed by atoms with E-state index in [9.17, 15) is 9.59 Å². The molecule has 1 aromatic rings. The minimum atomic E-state index is -0.622. The predicted octanol–water partition coefficient (Wildman–Crippen LogP) is 2.68. The van der Waals surface area contributed by atoms with E-state index in [1.54, 1.807) is 27.0 Å². The zero-order valence-electron chi connectivity index (χ0n) is 14.9. The molecule has 0 bridgehead atoms. The van der Waals surface area contributed by atoms with Crippen molar-refractivity contribution in [1.82, 2.24) is 4.98 Å². The van der Waals surface area contributed by atoms with Crippen molar-refractivity contribution in [2.45, 2.75) is 45.5 Å². The Labute approximate surface area is 147 Å². The maximum absolute atomic E-state index is 12.5. The number of hydrogen-bond acceptors (Lipinski definition) is 6. The monoisotopic (exact) mass is 351 g/mol. The summed E-state index contributed by atoms with van der Waals surface area (Å²) >= 11 is 0. The van der Waals surface area contributed by atoms with E-state index in [1.807, 2.05) is 0 Å². The van der Waals surface area contributed by atoms with Crippen LogP contribution in [0.5, 0.6) is 0 Å². The van der Waals surface area contributed by atoms with Gasteiger partial charge in [0.15, 0.2) is 6.29 Å². The van der Waals surface area contributed by atoms with Crippen LogP contribution in [0.3, 0.4) is 0 Å². The molecule has 0 unspecified atom stereocenters. The molecule has 2 heterocycles. The van der Waals surface area contributed by atoms with Gasteiger partial charge in [-0.3, -0.25) is 4.79 Å². The van der Waals surface area contributed by atoms with E-state index < -0.39 is 17.9 Å². The highest BCUT2D eigenvalue weighted by Crippen LogP contribution is 2.30. The van der Waals surface area contributed by atoms with Gasteiger partial charge in [-0.1, -0.05) is 12.7 Å². The molecule has 0 aliphatic carbocycles. The van der Waals surface area contributed by atoms with Gasteiger partial charge in [-0.25, -0.2) is 4.79 Å². The summed E-state index contributed by atoms with van der Waals surface area (Å²) in [4.78, 5) is 27.2. The number of ether oxygens (including phenoxy) is 4. The third-order valence-electron chi connectivity index (χ3n) is 3.44. The summed E-state index contributed by atoms with van der Waals surface area (Å²) in [5.74, 6) is -0.846. The van der Waals surface area contributed by atoms with Crippen LogP contribution in [-0.2, 0) is 30.2 Å². The topological polar surface area (TPSA) is 86.9 Å². The van der Waals surface area contributed by atoms with Gasteiger partial charge in [-0.15, -0.1) is 0 Å². The molecule has 0 spiro atoms. The average Bonchev–Trinajstić information content (AvgIpc) is 3.17. The summed E-state index contributed by atoms with van der Waals surface area (Å²) in [6.07, 6.45) is 3.06. The minimum absolute atomic E-state index is 0.126. The zero-order chi connectivity index (χ0) is 18.4. The normalized spacial score (nSPS) is 15.2. The molecule has 25 heavy (non-hydrogen) atoms. The Morgan fingerprint density at radius 2 is 2.04 bits per heavy atom. The third-order valence-corrected chi connectivity index (χ3v) is 3.44. The number of rotatable bonds is 7. The Hall–Kier alpha value is -2.12. The van der Waals surface area contributed by atoms with Gasteiger partial charge in [-0.2, -0.15) is 0 Å². The second kappa shape index (κ2) is 8.31. The molecule has 1 aliphatic rings. The van der Waals surface area contributed by atoms with E-state index in [4.69, 9.17) is 18.9 Å². The van der Waals surface area contributed by atoms with Gasteiger partial charge in [0.1, 0.15) is 17.9 Å². The van der Waals surface area contributed by atoms with E-state index in [0.717, 1.165) is 0 Å². The van der Waals surface area contributed by atoms with E-state index in [0.29, 0.717) is 36.5 Å². The van der Waals surface area contributed by atoms with E-state index in [-0.39, 0.29) is 19.0 Å². The molecular formula is C18H25NO6.